The van der Waals surface area contributed by atoms with E-state index in [-0.39, 0.29) is 5.41 Å². The third-order valence-corrected chi connectivity index (χ3v) is 11.1. The van der Waals surface area contributed by atoms with Crippen LogP contribution in [-0.2, 0) is 5.41 Å². The van der Waals surface area contributed by atoms with Gasteiger partial charge in [0.15, 0.2) is 0 Å². The molecular weight excluding hydrogens is 593 g/mol. The Morgan fingerprint density at radius 2 is 1.04 bits per heavy atom. The minimum absolute atomic E-state index is 0.0975. The van der Waals surface area contributed by atoms with Crippen molar-refractivity contribution in [3.8, 4) is 33.5 Å². The molecule has 0 atom stereocenters. The molecule has 1 aliphatic rings. The van der Waals surface area contributed by atoms with E-state index in [4.69, 9.17) is 4.98 Å². The van der Waals surface area contributed by atoms with Crippen molar-refractivity contribution in [1.29, 1.82) is 0 Å². The fourth-order valence-electron chi connectivity index (χ4n) is 8.59. The van der Waals surface area contributed by atoms with Crippen molar-refractivity contribution in [1.82, 2.24) is 9.97 Å². The molecule has 2 heteroatoms. The van der Waals surface area contributed by atoms with E-state index in [0.29, 0.717) is 0 Å². The molecule has 0 unspecified atom stereocenters. The SMILES string of the molecule is Cc1cc(-c2ccc3ccc4cccnc4c3n2)c(C)cc1-c1ccc2c(c1)-c1cc3c4ccccc4c4ccccc4c3cc1C2(C)C. The van der Waals surface area contributed by atoms with Crippen molar-refractivity contribution >= 4 is 54.1 Å². The lowest BCUT2D eigenvalue weighted by Crippen LogP contribution is -2.14. The average Bonchev–Trinajstić information content (AvgIpc) is 3.36. The zero-order valence-electron chi connectivity index (χ0n) is 28.1. The van der Waals surface area contributed by atoms with E-state index in [1.165, 1.54) is 76.8 Å². The minimum atomic E-state index is -0.0975. The van der Waals surface area contributed by atoms with Crippen molar-refractivity contribution in [2.24, 2.45) is 0 Å². The van der Waals surface area contributed by atoms with Crippen LogP contribution >= 0.6 is 0 Å². The van der Waals surface area contributed by atoms with Crippen LogP contribution in [0.15, 0.2) is 134 Å². The van der Waals surface area contributed by atoms with E-state index >= 15 is 0 Å². The fraction of sp³-hybridized carbons (Fsp3) is 0.106. The third-order valence-electron chi connectivity index (χ3n) is 11.1. The van der Waals surface area contributed by atoms with Crippen molar-refractivity contribution in [3.05, 3.63) is 156 Å². The van der Waals surface area contributed by atoms with Gasteiger partial charge in [0.25, 0.3) is 0 Å². The van der Waals surface area contributed by atoms with Gasteiger partial charge < -0.3 is 0 Å². The number of nitrogens with zero attached hydrogens (tertiary/aromatic N) is 2. The highest BCUT2D eigenvalue weighted by molar-refractivity contribution is 6.26. The summed E-state index contributed by atoms with van der Waals surface area (Å²) in [6.45, 7) is 9.20. The summed E-state index contributed by atoms with van der Waals surface area (Å²) in [6, 6.07) is 47.2. The van der Waals surface area contributed by atoms with Gasteiger partial charge >= 0.3 is 0 Å². The predicted octanol–water partition coefficient (Wildman–Crippen LogP) is 12.5. The number of aromatic nitrogens is 2. The first-order valence-corrected chi connectivity index (χ1v) is 17.2. The second-order valence-corrected chi connectivity index (χ2v) is 14.3. The lowest BCUT2D eigenvalue weighted by atomic mass is 9.81. The topological polar surface area (TPSA) is 25.8 Å². The highest BCUT2D eigenvalue weighted by Crippen LogP contribution is 2.52. The standard InChI is InChI=1S/C47H34N2/c1-27-23-37(44-20-18-30-16-15-29-10-9-21-48-45(29)46(30)49-44)28(2)22-36(27)31-17-19-42-40(24-31)41-25-38-34-13-7-5-11-32(34)33-12-6-8-14-35(33)39(38)26-43(41)47(42,3)4/h5-26H,1-4H3. The fourth-order valence-corrected chi connectivity index (χ4v) is 8.59. The molecule has 1 aliphatic carbocycles. The Hall–Kier alpha value is -5.86. The van der Waals surface area contributed by atoms with Gasteiger partial charge in [-0.15, -0.1) is 0 Å². The van der Waals surface area contributed by atoms with E-state index < -0.39 is 0 Å². The van der Waals surface area contributed by atoms with E-state index in [2.05, 4.69) is 154 Å². The average molecular weight is 627 g/mol. The maximum absolute atomic E-state index is 5.17. The molecule has 49 heavy (non-hydrogen) atoms. The van der Waals surface area contributed by atoms with Gasteiger partial charge in [-0.25, -0.2) is 4.98 Å². The Morgan fingerprint density at radius 3 is 1.78 bits per heavy atom. The molecule has 2 aromatic heterocycles. The van der Waals surface area contributed by atoms with Crippen LogP contribution in [0.25, 0.3) is 87.6 Å². The lowest BCUT2D eigenvalue weighted by Gasteiger charge is -2.22. The molecule has 0 radical (unpaired) electrons. The van der Waals surface area contributed by atoms with Crippen LogP contribution in [0, 0.1) is 13.8 Å². The Balaban J connectivity index is 1.13. The summed E-state index contributed by atoms with van der Waals surface area (Å²) < 4.78 is 0. The molecule has 10 rings (SSSR count). The molecule has 2 heterocycles. The van der Waals surface area contributed by atoms with Crippen LogP contribution in [0.1, 0.15) is 36.1 Å². The van der Waals surface area contributed by atoms with Gasteiger partial charge in [0, 0.05) is 27.9 Å². The normalized spacial score (nSPS) is 13.5. The van der Waals surface area contributed by atoms with Crippen molar-refractivity contribution in [2.45, 2.75) is 33.1 Å². The Labute approximate surface area is 285 Å². The first-order chi connectivity index (χ1) is 23.9. The number of rotatable bonds is 2. The quantitative estimate of drug-likeness (QED) is 0.178. The number of hydrogen-bond acceptors (Lipinski definition) is 2. The Bertz CT molecular complexity index is 2880. The maximum atomic E-state index is 5.17. The van der Waals surface area contributed by atoms with Gasteiger partial charge in [0.1, 0.15) is 0 Å². The van der Waals surface area contributed by atoms with E-state index in [0.717, 1.165) is 33.1 Å². The molecule has 0 N–H and O–H groups in total. The molecule has 7 aromatic carbocycles. The van der Waals surface area contributed by atoms with Crippen LogP contribution in [0.3, 0.4) is 0 Å². The second-order valence-electron chi connectivity index (χ2n) is 14.3. The van der Waals surface area contributed by atoms with Gasteiger partial charge in [-0.1, -0.05) is 105 Å². The van der Waals surface area contributed by atoms with Crippen LogP contribution in [0.2, 0.25) is 0 Å². The van der Waals surface area contributed by atoms with Gasteiger partial charge in [0.05, 0.1) is 16.7 Å². The zero-order chi connectivity index (χ0) is 33.0. The van der Waals surface area contributed by atoms with Gasteiger partial charge in [-0.2, -0.15) is 0 Å². The molecule has 0 aliphatic heterocycles. The molecule has 0 saturated heterocycles. The summed E-state index contributed by atoms with van der Waals surface area (Å²) in [5.41, 5.74) is 14.4. The molecule has 0 fully saturated rings. The summed E-state index contributed by atoms with van der Waals surface area (Å²) in [7, 11) is 0. The van der Waals surface area contributed by atoms with Gasteiger partial charge in [0.2, 0.25) is 0 Å². The summed E-state index contributed by atoms with van der Waals surface area (Å²) >= 11 is 0. The highest BCUT2D eigenvalue weighted by atomic mass is 14.8. The zero-order valence-corrected chi connectivity index (χ0v) is 28.1. The summed E-state index contributed by atoms with van der Waals surface area (Å²) in [4.78, 5) is 9.84. The minimum Gasteiger partial charge on any atom is -0.254 e. The molecule has 0 amide bonds. The summed E-state index contributed by atoms with van der Waals surface area (Å²) in [6.07, 6.45) is 1.85. The monoisotopic (exact) mass is 626 g/mol. The molecule has 232 valence electrons. The molecule has 2 nitrogen and oxygen atoms in total. The van der Waals surface area contributed by atoms with Crippen LogP contribution in [-0.4, -0.2) is 9.97 Å². The van der Waals surface area contributed by atoms with E-state index in [9.17, 15) is 0 Å². The second kappa shape index (κ2) is 10.1. The first-order valence-electron chi connectivity index (χ1n) is 17.2. The number of aryl methyl sites for hydroxylation is 2. The first kappa shape index (κ1) is 28.2. The van der Waals surface area contributed by atoms with E-state index in [1.54, 1.807) is 0 Å². The van der Waals surface area contributed by atoms with Crippen LogP contribution < -0.4 is 0 Å². The molecule has 0 saturated carbocycles. The summed E-state index contributed by atoms with van der Waals surface area (Å²) in [5.74, 6) is 0. The Kier molecular flexibility index (Phi) is 5.79. The number of benzene rings is 7. The smallest absolute Gasteiger partial charge is 0.0972 e. The van der Waals surface area contributed by atoms with Crippen molar-refractivity contribution < 1.29 is 0 Å². The number of pyridine rings is 2. The van der Waals surface area contributed by atoms with Crippen LogP contribution in [0.4, 0.5) is 0 Å². The molecule has 0 spiro atoms. The number of fused-ring (bicyclic) bond motifs is 12. The van der Waals surface area contributed by atoms with Crippen molar-refractivity contribution in [3.63, 3.8) is 0 Å². The van der Waals surface area contributed by atoms with E-state index in [1.807, 2.05) is 12.3 Å². The third kappa shape index (κ3) is 4.01. The van der Waals surface area contributed by atoms with Crippen molar-refractivity contribution in [2.75, 3.05) is 0 Å². The van der Waals surface area contributed by atoms with Gasteiger partial charge in [-0.05, 0) is 127 Å². The molecule has 0 bridgehead atoms. The molecular formula is C47H34N2. The Morgan fingerprint density at radius 1 is 0.449 bits per heavy atom. The molecule has 9 aromatic rings. The van der Waals surface area contributed by atoms with Crippen LogP contribution in [0.5, 0.6) is 0 Å². The number of hydrogen-bond donors (Lipinski definition) is 0. The largest absolute Gasteiger partial charge is 0.254 e. The highest BCUT2D eigenvalue weighted by Gasteiger charge is 2.36. The lowest BCUT2D eigenvalue weighted by molar-refractivity contribution is 0.661. The predicted molar refractivity (Wildman–Crippen MR) is 207 cm³/mol. The van der Waals surface area contributed by atoms with Gasteiger partial charge in [-0.3, -0.25) is 4.98 Å². The maximum Gasteiger partial charge on any atom is 0.0972 e. The summed E-state index contributed by atoms with van der Waals surface area (Å²) in [5, 5.41) is 10.1.